The fraction of sp³-hybridized carbons (Fsp3) is 0.947. The van der Waals surface area contributed by atoms with Gasteiger partial charge in [-0.2, -0.15) is 0 Å². The molecule has 6 atom stereocenters. The van der Waals surface area contributed by atoms with Gasteiger partial charge >= 0.3 is 0 Å². The highest BCUT2D eigenvalue weighted by atomic mass is 16.4. The van der Waals surface area contributed by atoms with E-state index in [0.717, 1.165) is 29.9 Å². The standard InChI is InChI=1S/C19H31NO/c1-18-11-8-15-14(17(18)16(20-21)9-12-18)7-6-13-5-3-4-10-19(13,15)2/h13-15,17,21H,3-12H2,1-2H3/t13-,14-,15+,17-,18-,19+/m1/s1. The van der Waals surface area contributed by atoms with Crippen molar-refractivity contribution in [2.75, 3.05) is 0 Å². The topological polar surface area (TPSA) is 32.6 Å². The lowest BCUT2D eigenvalue weighted by molar-refractivity contribution is -0.0911. The van der Waals surface area contributed by atoms with Gasteiger partial charge in [-0.25, -0.2) is 0 Å². The number of oxime groups is 1. The average molecular weight is 289 g/mol. The van der Waals surface area contributed by atoms with Gasteiger partial charge in [0.05, 0.1) is 5.71 Å². The Labute approximate surface area is 129 Å². The molecule has 0 aromatic rings. The highest BCUT2D eigenvalue weighted by Gasteiger charge is 2.59. The molecule has 4 rings (SSSR count). The largest absolute Gasteiger partial charge is 0.411 e. The summed E-state index contributed by atoms with van der Waals surface area (Å²) in [5, 5.41) is 13.2. The summed E-state index contributed by atoms with van der Waals surface area (Å²) in [7, 11) is 0. The normalized spacial score (nSPS) is 54.9. The molecule has 4 aliphatic carbocycles. The van der Waals surface area contributed by atoms with Crippen molar-refractivity contribution >= 4 is 5.71 Å². The van der Waals surface area contributed by atoms with Gasteiger partial charge < -0.3 is 5.21 Å². The number of rotatable bonds is 0. The fourth-order valence-electron chi connectivity index (χ4n) is 7.19. The van der Waals surface area contributed by atoms with E-state index in [0.29, 0.717) is 16.7 Å². The lowest BCUT2D eigenvalue weighted by atomic mass is 9.45. The predicted molar refractivity (Wildman–Crippen MR) is 85.6 cm³/mol. The van der Waals surface area contributed by atoms with Gasteiger partial charge in [0, 0.05) is 5.92 Å². The molecule has 2 heteroatoms. The van der Waals surface area contributed by atoms with E-state index in [9.17, 15) is 5.21 Å². The Kier molecular flexibility index (Phi) is 3.17. The van der Waals surface area contributed by atoms with Crippen molar-refractivity contribution in [3.8, 4) is 0 Å². The summed E-state index contributed by atoms with van der Waals surface area (Å²) in [6, 6.07) is 0. The number of fused-ring (bicyclic) bond motifs is 5. The summed E-state index contributed by atoms with van der Waals surface area (Å²) in [5.74, 6) is 3.26. The third kappa shape index (κ3) is 1.86. The van der Waals surface area contributed by atoms with Gasteiger partial charge in [0.25, 0.3) is 0 Å². The van der Waals surface area contributed by atoms with E-state index in [1.165, 1.54) is 57.8 Å². The van der Waals surface area contributed by atoms with Crippen LogP contribution in [0.4, 0.5) is 0 Å². The first-order valence-electron chi connectivity index (χ1n) is 9.29. The second kappa shape index (κ2) is 4.73. The average Bonchev–Trinajstić information content (AvgIpc) is 2.83. The molecule has 0 saturated heterocycles. The Morgan fingerprint density at radius 2 is 1.86 bits per heavy atom. The van der Waals surface area contributed by atoms with Crippen molar-refractivity contribution in [2.24, 2.45) is 39.7 Å². The van der Waals surface area contributed by atoms with Gasteiger partial charge in [0.15, 0.2) is 0 Å². The SMILES string of the molecule is C[C@@]12CCC(=NO)[C@H]1[C@@H]1CC[C@H]3CCCC[C@]3(C)[C@H]1CC2. The Bertz CT molecular complexity index is 458. The van der Waals surface area contributed by atoms with Gasteiger partial charge in [0.2, 0.25) is 0 Å². The van der Waals surface area contributed by atoms with E-state index in [-0.39, 0.29) is 0 Å². The first-order valence-corrected chi connectivity index (χ1v) is 9.29. The van der Waals surface area contributed by atoms with E-state index in [1.807, 2.05) is 0 Å². The summed E-state index contributed by atoms with van der Waals surface area (Å²) >= 11 is 0. The molecular formula is C19H31NO. The molecule has 0 radical (unpaired) electrons. The second-order valence-electron chi connectivity index (χ2n) is 9.06. The molecule has 1 N–H and O–H groups in total. The highest BCUT2D eigenvalue weighted by Crippen LogP contribution is 2.65. The van der Waals surface area contributed by atoms with Gasteiger partial charge in [-0.1, -0.05) is 31.8 Å². The molecule has 4 aliphatic rings. The van der Waals surface area contributed by atoms with Crippen LogP contribution in [-0.2, 0) is 0 Å². The zero-order chi connectivity index (χ0) is 14.7. The molecular weight excluding hydrogens is 258 g/mol. The summed E-state index contributed by atoms with van der Waals surface area (Å²) in [6.07, 6.45) is 13.7. The van der Waals surface area contributed by atoms with Crippen molar-refractivity contribution in [1.29, 1.82) is 0 Å². The van der Waals surface area contributed by atoms with Crippen LogP contribution in [-0.4, -0.2) is 10.9 Å². The maximum atomic E-state index is 9.49. The van der Waals surface area contributed by atoms with E-state index >= 15 is 0 Å². The Morgan fingerprint density at radius 3 is 2.67 bits per heavy atom. The van der Waals surface area contributed by atoms with Crippen molar-refractivity contribution in [3.05, 3.63) is 0 Å². The van der Waals surface area contributed by atoms with Crippen molar-refractivity contribution in [2.45, 2.75) is 78.1 Å². The minimum atomic E-state index is 0.431. The summed E-state index contributed by atoms with van der Waals surface area (Å²) in [6.45, 7) is 5.09. The molecule has 0 aliphatic heterocycles. The molecule has 0 spiro atoms. The molecule has 0 heterocycles. The minimum Gasteiger partial charge on any atom is -0.411 e. The predicted octanol–water partition coefficient (Wildman–Crippen LogP) is 5.25. The molecule has 0 unspecified atom stereocenters. The van der Waals surface area contributed by atoms with Crippen molar-refractivity contribution in [1.82, 2.24) is 0 Å². The Balaban J connectivity index is 1.69. The van der Waals surface area contributed by atoms with Crippen LogP contribution in [0.1, 0.15) is 78.1 Å². The van der Waals surface area contributed by atoms with Crippen LogP contribution in [0.25, 0.3) is 0 Å². The monoisotopic (exact) mass is 289 g/mol. The maximum Gasteiger partial charge on any atom is 0.0610 e. The van der Waals surface area contributed by atoms with Crippen LogP contribution < -0.4 is 0 Å². The zero-order valence-corrected chi connectivity index (χ0v) is 13.8. The van der Waals surface area contributed by atoms with E-state index in [2.05, 4.69) is 19.0 Å². The van der Waals surface area contributed by atoms with Gasteiger partial charge in [-0.15, -0.1) is 0 Å². The van der Waals surface area contributed by atoms with Crippen LogP contribution in [0.15, 0.2) is 5.16 Å². The van der Waals surface area contributed by atoms with Crippen LogP contribution in [0, 0.1) is 34.5 Å². The van der Waals surface area contributed by atoms with Crippen LogP contribution in [0.3, 0.4) is 0 Å². The van der Waals surface area contributed by atoms with Crippen molar-refractivity contribution in [3.63, 3.8) is 0 Å². The van der Waals surface area contributed by atoms with Crippen LogP contribution in [0.5, 0.6) is 0 Å². The lowest BCUT2D eigenvalue weighted by Crippen LogP contribution is -2.53. The van der Waals surface area contributed by atoms with Gasteiger partial charge in [-0.3, -0.25) is 0 Å². The fourth-order valence-corrected chi connectivity index (χ4v) is 7.19. The van der Waals surface area contributed by atoms with Gasteiger partial charge in [0.1, 0.15) is 0 Å². The minimum absolute atomic E-state index is 0.431. The zero-order valence-electron chi connectivity index (χ0n) is 13.8. The van der Waals surface area contributed by atoms with Crippen LogP contribution in [0.2, 0.25) is 0 Å². The molecule has 0 aromatic heterocycles. The maximum absolute atomic E-state index is 9.49. The summed E-state index contributed by atoms with van der Waals surface area (Å²) in [5.41, 5.74) is 2.16. The molecule has 4 fully saturated rings. The lowest BCUT2D eigenvalue weighted by Gasteiger charge is -2.59. The van der Waals surface area contributed by atoms with Crippen LogP contribution >= 0.6 is 0 Å². The molecule has 2 nitrogen and oxygen atoms in total. The Morgan fingerprint density at radius 1 is 1.00 bits per heavy atom. The summed E-state index contributed by atoms with van der Waals surface area (Å²) in [4.78, 5) is 0. The quantitative estimate of drug-likeness (QED) is 0.479. The first kappa shape index (κ1) is 14.1. The molecule has 0 aromatic carbocycles. The molecule has 0 bridgehead atoms. The second-order valence-corrected chi connectivity index (χ2v) is 9.06. The smallest absolute Gasteiger partial charge is 0.0610 e. The summed E-state index contributed by atoms with van der Waals surface area (Å²) < 4.78 is 0. The van der Waals surface area contributed by atoms with Crippen molar-refractivity contribution < 1.29 is 5.21 Å². The van der Waals surface area contributed by atoms with Gasteiger partial charge in [-0.05, 0) is 80.0 Å². The highest BCUT2D eigenvalue weighted by molar-refractivity contribution is 5.89. The molecule has 118 valence electrons. The number of hydrogen-bond donors (Lipinski definition) is 1. The van der Waals surface area contributed by atoms with E-state index in [1.54, 1.807) is 0 Å². The first-order chi connectivity index (χ1) is 10.1. The molecule has 4 saturated carbocycles. The number of hydrogen-bond acceptors (Lipinski definition) is 2. The Hall–Kier alpha value is -0.530. The van der Waals surface area contributed by atoms with E-state index < -0.39 is 0 Å². The third-order valence-corrected chi connectivity index (χ3v) is 8.31. The number of nitrogens with zero attached hydrogens (tertiary/aromatic N) is 1. The molecule has 21 heavy (non-hydrogen) atoms. The van der Waals surface area contributed by atoms with E-state index in [4.69, 9.17) is 0 Å². The molecule has 0 amide bonds. The third-order valence-electron chi connectivity index (χ3n) is 8.31.